The Morgan fingerprint density at radius 3 is 2.61 bits per heavy atom. The zero-order valence-electron chi connectivity index (χ0n) is 9.75. The third kappa shape index (κ3) is 2.92. The number of rotatable bonds is 2. The predicted octanol–water partition coefficient (Wildman–Crippen LogP) is 4.55. The molecule has 0 aliphatic heterocycles. The Kier molecular flexibility index (Phi) is 4.40. The molecular formula is C14H12BrFIN. The molecule has 0 aliphatic carbocycles. The van der Waals surface area contributed by atoms with Crippen LogP contribution in [-0.4, -0.2) is 0 Å². The second-order valence-electron chi connectivity index (χ2n) is 4.14. The molecule has 0 amide bonds. The van der Waals surface area contributed by atoms with Gasteiger partial charge < -0.3 is 5.73 Å². The molecule has 0 heterocycles. The predicted molar refractivity (Wildman–Crippen MR) is 84.0 cm³/mol. The average molecular weight is 420 g/mol. The number of halogens is 3. The van der Waals surface area contributed by atoms with Crippen LogP contribution in [0.2, 0.25) is 0 Å². The summed E-state index contributed by atoms with van der Waals surface area (Å²) in [5.41, 5.74) is 9.09. The van der Waals surface area contributed by atoms with Crippen molar-refractivity contribution < 1.29 is 4.39 Å². The minimum absolute atomic E-state index is 0.254. The van der Waals surface area contributed by atoms with Crippen molar-refractivity contribution in [3.05, 3.63) is 66.9 Å². The number of aryl methyl sites for hydroxylation is 1. The molecule has 0 spiro atoms. The lowest BCUT2D eigenvalue weighted by Crippen LogP contribution is -2.15. The first kappa shape index (κ1) is 14.0. The molecule has 4 heteroatoms. The van der Waals surface area contributed by atoms with E-state index in [1.54, 1.807) is 6.07 Å². The summed E-state index contributed by atoms with van der Waals surface area (Å²) in [6.45, 7) is 1.94. The molecule has 2 rings (SSSR count). The van der Waals surface area contributed by atoms with Crippen molar-refractivity contribution in [2.24, 2.45) is 5.73 Å². The number of nitrogens with two attached hydrogens (primary N) is 1. The van der Waals surface area contributed by atoms with Gasteiger partial charge in [-0.1, -0.05) is 22.0 Å². The van der Waals surface area contributed by atoms with Crippen LogP contribution >= 0.6 is 38.5 Å². The molecule has 0 saturated carbocycles. The van der Waals surface area contributed by atoms with E-state index in [9.17, 15) is 4.39 Å². The Morgan fingerprint density at radius 2 is 1.89 bits per heavy atom. The molecule has 1 atom stereocenters. The summed E-state index contributed by atoms with van der Waals surface area (Å²) >= 11 is 5.68. The van der Waals surface area contributed by atoms with Crippen LogP contribution in [-0.2, 0) is 0 Å². The Hall–Kier alpha value is -0.460. The van der Waals surface area contributed by atoms with Crippen molar-refractivity contribution in [2.45, 2.75) is 13.0 Å². The maximum atomic E-state index is 13.3. The summed E-state index contributed by atoms with van der Waals surface area (Å²) in [6, 6.07) is 10.4. The van der Waals surface area contributed by atoms with Gasteiger partial charge in [-0.05, 0) is 76.5 Å². The summed E-state index contributed by atoms with van der Waals surface area (Å²) in [5.74, 6) is -0.254. The first-order valence-corrected chi connectivity index (χ1v) is 7.33. The van der Waals surface area contributed by atoms with Gasteiger partial charge in [0.1, 0.15) is 5.82 Å². The second kappa shape index (κ2) is 5.67. The van der Waals surface area contributed by atoms with E-state index in [1.807, 2.05) is 25.1 Å². The zero-order valence-corrected chi connectivity index (χ0v) is 13.5. The van der Waals surface area contributed by atoms with Crippen molar-refractivity contribution in [3.8, 4) is 0 Å². The standard InChI is InChI=1S/C14H12BrFIN/c1-8-2-4-10(16)7-11(8)14(18)12-6-9(15)3-5-13(12)17/h2-7,14H,18H2,1H3. The van der Waals surface area contributed by atoms with Crippen molar-refractivity contribution in [1.29, 1.82) is 0 Å². The maximum absolute atomic E-state index is 13.3. The molecule has 18 heavy (non-hydrogen) atoms. The van der Waals surface area contributed by atoms with E-state index in [2.05, 4.69) is 38.5 Å². The van der Waals surface area contributed by atoms with Gasteiger partial charge in [0.05, 0.1) is 6.04 Å². The number of hydrogen-bond acceptors (Lipinski definition) is 1. The van der Waals surface area contributed by atoms with Crippen LogP contribution in [0.1, 0.15) is 22.7 Å². The van der Waals surface area contributed by atoms with Crippen molar-refractivity contribution in [1.82, 2.24) is 0 Å². The Labute approximate surface area is 128 Å². The smallest absolute Gasteiger partial charge is 0.123 e. The highest BCUT2D eigenvalue weighted by Crippen LogP contribution is 2.29. The molecule has 2 aromatic carbocycles. The topological polar surface area (TPSA) is 26.0 Å². The quantitative estimate of drug-likeness (QED) is 0.710. The van der Waals surface area contributed by atoms with Gasteiger partial charge in [-0.15, -0.1) is 0 Å². The van der Waals surface area contributed by atoms with Crippen LogP contribution in [0.15, 0.2) is 40.9 Å². The van der Waals surface area contributed by atoms with Gasteiger partial charge in [0.15, 0.2) is 0 Å². The third-order valence-electron chi connectivity index (χ3n) is 2.87. The lowest BCUT2D eigenvalue weighted by atomic mass is 9.96. The van der Waals surface area contributed by atoms with E-state index >= 15 is 0 Å². The molecular weight excluding hydrogens is 408 g/mol. The summed E-state index contributed by atoms with van der Waals surface area (Å²) < 4.78 is 15.4. The first-order chi connectivity index (χ1) is 8.49. The van der Waals surface area contributed by atoms with Gasteiger partial charge in [0.25, 0.3) is 0 Å². The first-order valence-electron chi connectivity index (χ1n) is 5.45. The largest absolute Gasteiger partial charge is 0.320 e. The number of benzene rings is 2. The highest BCUT2D eigenvalue weighted by atomic mass is 127. The molecule has 0 aromatic heterocycles. The van der Waals surface area contributed by atoms with Gasteiger partial charge in [-0.3, -0.25) is 0 Å². The van der Waals surface area contributed by atoms with Crippen LogP contribution < -0.4 is 5.73 Å². The van der Waals surface area contributed by atoms with Crippen LogP contribution in [0.4, 0.5) is 4.39 Å². The van der Waals surface area contributed by atoms with Crippen LogP contribution in [0.3, 0.4) is 0 Å². The van der Waals surface area contributed by atoms with Gasteiger partial charge in [-0.2, -0.15) is 0 Å². The summed E-state index contributed by atoms with van der Waals surface area (Å²) in [5, 5.41) is 0. The van der Waals surface area contributed by atoms with E-state index in [0.29, 0.717) is 0 Å². The van der Waals surface area contributed by atoms with E-state index in [0.717, 1.165) is 24.7 Å². The SMILES string of the molecule is Cc1ccc(F)cc1C(N)c1cc(Br)ccc1I. The lowest BCUT2D eigenvalue weighted by molar-refractivity contribution is 0.622. The zero-order chi connectivity index (χ0) is 13.3. The van der Waals surface area contributed by atoms with Crippen LogP contribution in [0.25, 0.3) is 0 Å². The summed E-state index contributed by atoms with van der Waals surface area (Å²) in [6.07, 6.45) is 0. The van der Waals surface area contributed by atoms with Gasteiger partial charge >= 0.3 is 0 Å². The van der Waals surface area contributed by atoms with Gasteiger partial charge in [-0.25, -0.2) is 4.39 Å². The van der Waals surface area contributed by atoms with E-state index < -0.39 is 0 Å². The number of hydrogen-bond donors (Lipinski definition) is 1. The van der Waals surface area contributed by atoms with E-state index in [1.165, 1.54) is 12.1 Å². The summed E-state index contributed by atoms with van der Waals surface area (Å²) in [7, 11) is 0. The monoisotopic (exact) mass is 419 g/mol. The molecule has 2 aromatic rings. The minimum Gasteiger partial charge on any atom is -0.320 e. The molecule has 0 radical (unpaired) electrons. The molecule has 0 aliphatic rings. The normalized spacial score (nSPS) is 12.5. The van der Waals surface area contributed by atoms with Crippen LogP contribution in [0.5, 0.6) is 0 Å². The second-order valence-corrected chi connectivity index (χ2v) is 6.22. The Balaban J connectivity index is 2.50. The van der Waals surface area contributed by atoms with Gasteiger partial charge in [0.2, 0.25) is 0 Å². The molecule has 0 saturated heterocycles. The molecule has 0 bridgehead atoms. The van der Waals surface area contributed by atoms with Crippen molar-refractivity contribution >= 4 is 38.5 Å². The summed E-state index contributed by atoms with van der Waals surface area (Å²) in [4.78, 5) is 0. The maximum Gasteiger partial charge on any atom is 0.123 e. The molecule has 1 nitrogen and oxygen atoms in total. The Morgan fingerprint density at radius 1 is 1.17 bits per heavy atom. The minimum atomic E-state index is -0.315. The highest BCUT2D eigenvalue weighted by Gasteiger charge is 2.15. The van der Waals surface area contributed by atoms with E-state index in [4.69, 9.17) is 5.73 Å². The fourth-order valence-electron chi connectivity index (χ4n) is 1.87. The molecule has 1 unspecified atom stereocenters. The Bertz CT molecular complexity index is 535. The lowest BCUT2D eigenvalue weighted by Gasteiger charge is -2.17. The van der Waals surface area contributed by atoms with Gasteiger partial charge in [0, 0.05) is 8.04 Å². The highest BCUT2D eigenvalue weighted by molar-refractivity contribution is 14.1. The fraction of sp³-hybridized carbons (Fsp3) is 0.143. The average Bonchev–Trinajstić information content (AvgIpc) is 2.34. The van der Waals surface area contributed by atoms with E-state index in [-0.39, 0.29) is 11.9 Å². The molecule has 2 N–H and O–H groups in total. The molecule has 0 fully saturated rings. The van der Waals surface area contributed by atoms with Crippen molar-refractivity contribution in [2.75, 3.05) is 0 Å². The van der Waals surface area contributed by atoms with Crippen LogP contribution in [0, 0.1) is 16.3 Å². The third-order valence-corrected chi connectivity index (χ3v) is 4.35. The molecule has 94 valence electrons. The fourth-order valence-corrected chi connectivity index (χ4v) is 2.92. The van der Waals surface area contributed by atoms with Crippen molar-refractivity contribution in [3.63, 3.8) is 0 Å².